The number of fused-ring (bicyclic) bond motifs is 1. The molecule has 7 nitrogen and oxygen atoms in total. The molecular weight excluding hydrogens is 400 g/mol. The standard InChI is InChI=1S/C25H26N6O/c26-15-19-14-17-4-1-2-6-22(17)29-25(19)28-20-7-9-21(10-8-20)31-24(32)12-11-23(30-31)18-5-3-13-27-16-18/h3,5,11-14,16,20-21H,1-2,4,6-10H2,(H,28,29). The maximum absolute atomic E-state index is 12.5. The first-order valence-electron chi connectivity index (χ1n) is 11.4. The van der Waals surface area contributed by atoms with E-state index < -0.39 is 0 Å². The van der Waals surface area contributed by atoms with Gasteiger partial charge in [-0.25, -0.2) is 9.67 Å². The number of aryl methyl sites for hydroxylation is 2. The van der Waals surface area contributed by atoms with E-state index in [1.807, 2.05) is 18.2 Å². The van der Waals surface area contributed by atoms with E-state index in [2.05, 4.69) is 21.5 Å². The fraction of sp³-hybridized carbons (Fsp3) is 0.400. The molecular formula is C25H26N6O. The minimum absolute atomic E-state index is 0.0721. The molecule has 162 valence electrons. The van der Waals surface area contributed by atoms with Gasteiger partial charge in [-0.2, -0.15) is 10.4 Å². The molecule has 0 amide bonds. The Labute approximate surface area is 187 Å². The van der Waals surface area contributed by atoms with Crippen molar-refractivity contribution in [2.45, 2.75) is 63.5 Å². The normalized spacial score (nSPS) is 20.2. The summed E-state index contributed by atoms with van der Waals surface area (Å²) in [5.74, 6) is 0.713. The van der Waals surface area contributed by atoms with Crippen LogP contribution in [0.2, 0.25) is 0 Å². The molecule has 2 aliphatic rings. The van der Waals surface area contributed by atoms with Crippen molar-refractivity contribution >= 4 is 5.82 Å². The van der Waals surface area contributed by atoms with Gasteiger partial charge in [-0.1, -0.05) is 0 Å². The number of nitrogens with one attached hydrogen (secondary N) is 1. The molecule has 1 saturated carbocycles. The minimum atomic E-state index is -0.0721. The third-order valence-corrected chi connectivity index (χ3v) is 6.59. The van der Waals surface area contributed by atoms with Gasteiger partial charge in [0.2, 0.25) is 0 Å². The first kappa shape index (κ1) is 20.4. The maximum Gasteiger partial charge on any atom is 0.267 e. The van der Waals surface area contributed by atoms with Gasteiger partial charge >= 0.3 is 0 Å². The van der Waals surface area contributed by atoms with Crippen molar-refractivity contribution in [2.75, 3.05) is 5.32 Å². The van der Waals surface area contributed by atoms with Gasteiger partial charge in [0, 0.05) is 35.8 Å². The summed E-state index contributed by atoms with van der Waals surface area (Å²) in [4.78, 5) is 21.5. The summed E-state index contributed by atoms with van der Waals surface area (Å²) in [6.07, 6.45) is 11.3. The molecule has 0 saturated heterocycles. The van der Waals surface area contributed by atoms with Crippen molar-refractivity contribution in [1.82, 2.24) is 19.7 Å². The van der Waals surface area contributed by atoms with E-state index in [0.29, 0.717) is 11.4 Å². The minimum Gasteiger partial charge on any atom is -0.366 e. The van der Waals surface area contributed by atoms with Crippen LogP contribution >= 0.6 is 0 Å². The van der Waals surface area contributed by atoms with Gasteiger partial charge in [-0.15, -0.1) is 0 Å². The van der Waals surface area contributed by atoms with Crippen molar-refractivity contribution in [3.63, 3.8) is 0 Å². The highest BCUT2D eigenvalue weighted by Gasteiger charge is 2.25. The zero-order valence-corrected chi connectivity index (χ0v) is 18.0. The Morgan fingerprint density at radius 3 is 2.72 bits per heavy atom. The summed E-state index contributed by atoms with van der Waals surface area (Å²) in [7, 11) is 0. The fourth-order valence-corrected chi connectivity index (χ4v) is 4.84. The molecule has 0 atom stereocenters. The van der Waals surface area contributed by atoms with Crippen molar-refractivity contribution < 1.29 is 0 Å². The topological polar surface area (TPSA) is 96.5 Å². The first-order valence-corrected chi connectivity index (χ1v) is 11.4. The summed E-state index contributed by atoms with van der Waals surface area (Å²) in [5, 5.41) is 17.8. The van der Waals surface area contributed by atoms with Crippen molar-refractivity contribution in [3.8, 4) is 17.3 Å². The Kier molecular flexibility index (Phi) is 5.68. The Balaban J connectivity index is 1.29. The molecule has 7 heteroatoms. The van der Waals surface area contributed by atoms with Crippen molar-refractivity contribution in [2.24, 2.45) is 0 Å². The number of nitriles is 1. The van der Waals surface area contributed by atoms with E-state index in [9.17, 15) is 10.1 Å². The highest BCUT2D eigenvalue weighted by atomic mass is 16.1. The van der Waals surface area contributed by atoms with Gasteiger partial charge in [-0.05, 0) is 81.2 Å². The molecule has 0 aliphatic heterocycles. The largest absolute Gasteiger partial charge is 0.366 e. The van der Waals surface area contributed by atoms with E-state index in [1.165, 1.54) is 12.0 Å². The van der Waals surface area contributed by atoms with Crippen molar-refractivity contribution in [3.05, 3.63) is 69.9 Å². The van der Waals surface area contributed by atoms with Gasteiger partial charge in [-0.3, -0.25) is 9.78 Å². The third kappa shape index (κ3) is 4.13. The summed E-state index contributed by atoms with van der Waals surface area (Å²) in [6, 6.07) is 11.8. The first-order chi connectivity index (χ1) is 15.7. The number of anilines is 1. The van der Waals surface area contributed by atoms with Crippen LogP contribution in [0, 0.1) is 11.3 Å². The number of aromatic nitrogens is 4. The lowest BCUT2D eigenvalue weighted by Gasteiger charge is -2.30. The second-order valence-electron chi connectivity index (χ2n) is 8.70. The molecule has 0 bridgehead atoms. The van der Waals surface area contributed by atoms with Crippen LogP contribution in [-0.2, 0) is 12.8 Å². The maximum atomic E-state index is 12.5. The van der Waals surface area contributed by atoms with Gasteiger partial charge < -0.3 is 5.32 Å². The predicted molar refractivity (Wildman–Crippen MR) is 122 cm³/mol. The van der Waals surface area contributed by atoms with Crippen molar-refractivity contribution in [1.29, 1.82) is 5.26 Å². The summed E-state index contributed by atoms with van der Waals surface area (Å²) in [5.41, 5.74) is 4.58. The number of nitrogens with zero attached hydrogens (tertiary/aromatic N) is 5. The van der Waals surface area contributed by atoms with E-state index in [1.54, 1.807) is 29.2 Å². The van der Waals surface area contributed by atoms with E-state index in [0.717, 1.165) is 61.9 Å². The molecule has 32 heavy (non-hydrogen) atoms. The van der Waals surface area contributed by atoms with Gasteiger partial charge in [0.1, 0.15) is 11.9 Å². The average molecular weight is 427 g/mol. The average Bonchev–Trinajstić information content (AvgIpc) is 2.85. The summed E-state index contributed by atoms with van der Waals surface area (Å²) in [6.45, 7) is 0. The molecule has 0 spiro atoms. The Morgan fingerprint density at radius 2 is 1.94 bits per heavy atom. The van der Waals surface area contributed by atoms with E-state index in [4.69, 9.17) is 4.98 Å². The third-order valence-electron chi connectivity index (χ3n) is 6.59. The van der Waals surface area contributed by atoms with Crippen LogP contribution in [0.5, 0.6) is 0 Å². The van der Waals surface area contributed by atoms with Crippen LogP contribution in [0.1, 0.15) is 61.4 Å². The fourth-order valence-electron chi connectivity index (χ4n) is 4.84. The molecule has 3 heterocycles. The zero-order chi connectivity index (χ0) is 21.9. The Bertz CT molecular complexity index is 1210. The highest BCUT2D eigenvalue weighted by Crippen LogP contribution is 2.31. The zero-order valence-electron chi connectivity index (χ0n) is 18.0. The number of pyridine rings is 2. The smallest absolute Gasteiger partial charge is 0.267 e. The Hall–Kier alpha value is -3.53. The van der Waals surface area contributed by atoms with Crippen LogP contribution in [0.3, 0.4) is 0 Å². The molecule has 5 rings (SSSR count). The second kappa shape index (κ2) is 8.91. The quantitative estimate of drug-likeness (QED) is 0.676. The molecule has 1 N–H and O–H groups in total. The van der Waals surface area contributed by atoms with Gasteiger partial charge in [0.25, 0.3) is 5.56 Å². The van der Waals surface area contributed by atoms with Gasteiger partial charge in [0.05, 0.1) is 17.3 Å². The van der Waals surface area contributed by atoms with E-state index >= 15 is 0 Å². The van der Waals surface area contributed by atoms with Gasteiger partial charge in [0.15, 0.2) is 0 Å². The van der Waals surface area contributed by atoms with Crippen LogP contribution in [0.25, 0.3) is 11.3 Å². The molecule has 0 unspecified atom stereocenters. The molecule has 3 aromatic rings. The van der Waals surface area contributed by atoms with E-state index in [-0.39, 0.29) is 17.6 Å². The molecule has 2 aliphatic carbocycles. The van der Waals surface area contributed by atoms with Crippen LogP contribution in [0.4, 0.5) is 5.82 Å². The summed E-state index contributed by atoms with van der Waals surface area (Å²) >= 11 is 0. The Morgan fingerprint density at radius 1 is 1.09 bits per heavy atom. The lowest BCUT2D eigenvalue weighted by Crippen LogP contribution is -2.33. The number of rotatable bonds is 4. The number of hydrogen-bond donors (Lipinski definition) is 1. The predicted octanol–water partition coefficient (Wildman–Crippen LogP) is 4.05. The SMILES string of the molecule is N#Cc1cc2c(nc1NC1CCC(n3nc(-c4cccnc4)ccc3=O)CC1)CCCC2. The molecule has 0 radical (unpaired) electrons. The van der Waals surface area contributed by atoms with Crippen LogP contribution in [0.15, 0.2) is 47.5 Å². The molecule has 0 aromatic carbocycles. The summed E-state index contributed by atoms with van der Waals surface area (Å²) < 4.78 is 1.64. The number of hydrogen-bond acceptors (Lipinski definition) is 6. The monoisotopic (exact) mass is 426 g/mol. The highest BCUT2D eigenvalue weighted by molar-refractivity contribution is 5.56. The lowest BCUT2D eigenvalue weighted by atomic mass is 9.90. The molecule has 3 aromatic heterocycles. The molecule has 1 fully saturated rings. The van der Waals surface area contributed by atoms with Crippen LogP contribution in [-0.4, -0.2) is 25.8 Å². The second-order valence-corrected chi connectivity index (χ2v) is 8.70. The van der Waals surface area contributed by atoms with Crippen LogP contribution < -0.4 is 10.9 Å². The lowest BCUT2D eigenvalue weighted by molar-refractivity contribution is 0.304.